The van der Waals surface area contributed by atoms with Gasteiger partial charge in [0.05, 0.1) is 6.04 Å². The fourth-order valence-corrected chi connectivity index (χ4v) is 3.79. The molecule has 0 spiro atoms. The van der Waals surface area contributed by atoms with Crippen molar-refractivity contribution >= 4 is 11.9 Å². The van der Waals surface area contributed by atoms with Gasteiger partial charge in [0.2, 0.25) is 5.95 Å². The molecule has 1 fully saturated rings. The maximum absolute atomic E-state index is 12.8. The monoisotopic (exact) mass is 400 g/mol. The van der Waals surface area contributed by atoms with Crippen LogP contribution in [-0.2, 0) is 0 Å². The van der Waals surface area contributed by atoms with Crippen molar-refractivity contribution in [1.82, 2.24) is 15.3 Å². The number of aryl methyl sites for hydroxylation is 1. The molecule has 3 aromatic rings. The first-order chi connectivity index (χ1) is 14.6. The lowest BCUT2D eigenvalue weighted by atomic mass is 10.0. The first-order valence-electron chi connectivity index (χ1n) is 10.6. The van der Waals surface area contributed by atoms with Gasteiger partial charge in [-0.1, -0.05) is 42.0 Å². The Hall–Kier alpha value is -3.21. The molecule has 2 aromatic carbocycles. The Morgan fingerprint density at radius 1 is 0.967 bits per heavy atom. The average Bonchev–Trinajstić information content (AvgIpc) is 2.80. The van der Waals surface area contributed by atoms with Crippen molar-refractivity contribution in [3.63, 3.8) is 0 Å². The summed E-state index contributed by atoms with van der Waals surface area (Å²) < 4.78 is 0. The molecule has 0 aliphatic carbocycles. The van der Waals surface area contributed by atoms with Crippen molar-refractivity contribution in [2.24, 2.45) is 0 Å². The van der Waals surface area contributed by atoms with Crippen molar-refractivity contribution in [2.45, 2.75) is 39.2 Å². The molecular weight excluding hydrogens is 372 g/mol. The topological polar surface area (TPSA) is 58.1 Å². The van der Waals surface area contributed by atoms with Crippen LogP contribution in [0.2, 0.25) is 0 Å². The normalized spacial score (nSPS) is 14.9. The molecular formula is C25H28N4O. The molecule has 1 atom stereocenters. The number of nitrogens with zero attached hydrogens (tertiary/aromatic N) is 3. The quantitative estimate of drug-likeness (QED) is 0.659. The van der Waals surface area contributed by atoms with Crippen LogP contribution in [0.3, 0.4) is 0 Å². The summed E-state index contributed by atoms with van der Waals surface area (Å²) in [5.41, 5.74) is 4.78. The molecule has 1 aromatic heterocycles. The molecule has 5 heteroatoms. The summed E-state index contributed by atoms with van der Waals surface area (Å²) in [6.45, 7) is 6.10. The lowest BCUT2D eigenvalue weighted by molar-refractivity contribution is 0.0940. The van der Waals surface area contributed by atoms with E-state index in [0.29, 0.717) is 5.56 Å². The van der Waals surface area contributed by atoms with E-state index in [9.17, 15) is 4.79 Å². The van der Waals surface area contributed by atoms with E-state index in [-0.39, 0.29) is 11.9 Å². The maximum atomic E-state index is 12.8. The van der Waals surface area contributed by atoms with Crippen LogP contribution in [0.1, 0.15) is 53.7 Å². The highest BCUT2D eigenvalue weighted by molar-refractivity contribution is 5.95. The van der Waals surface area contributed by atoms with Gasteiger partial charge in [0, 0.05) is 36.6 Å². The van der Waals surface area contributed by atoms with Gasteiger partial charge in [-0.15, -0.1) is 0 Å². The number of amides is 1. The van der Waals surface area contributed by atoms with Crippen LogP contribution >= 0.6 is 0 Å². The van der Waals surface area contributed by atoms with Gasteiger partial charge < -0.3 is 10.2 Å². The van der Waals surface area contributed by atoms with Gasteiger partial charge in [0.1, 0.15) is 0 Å². The van der Waals surface area contributed by atoms with E-state index in [1.54, 1.807) is 0 Å². The molecule has 4 rings (SSSR count). The largest absolute Gasteiger partial charge is 0.346 e. The van der Waals surface area contributed by atoms with E-state index >= 15 is 0 Å². The summed E-state index contributed by atoms with van der Waals surface area (Å²) in [5, 5.41) is 3.09. The van der Waals surface area contributed by atoms with Crippen molar-refractivity contribution < 1.29 is 4.79 Å². The van der Waals surface area contributed by atoms with Crippen molar-refractivity contribution in [3.05, 3.63) is 77.6 Å². The second-order valence-corrected chi connectivity index (χ2v) is 8.01. The Balaban J connectivity index is 1.46. The van der Waals surface area contributed by atoms with E-state index in [1.807, 2.05) is 43.6 Å². The Labute approximate surface area is 178 Å². The van der Waals surface area contributed by atoms with Crippen LogP contribution in [0, 0.1) is 6.92 Å². The summed E-state index contributed by atoms with van der Waals surface area (Å²) in [6.07, 6.45) is 7.38. The molecule has 0 radical (unpaired) electrons. The Morgan fingerprint density at radius 2 is 1.67 bits per heavy atom. The Morgan fingerprint density at radius 3 is 2.37 bits per heavy atom. The maximum Gasteiger partial charge on any atom is 0.251 e. The fraction of sp³-hybridized carbons (Fsp3) is 0.320. The summed E-state index contributed by atoms with van der Waals surface area (Å²) in [7, 11) is 0. The second kappa shape index (κ2) is 9.08. The smallest absolute Gasteiger partial charge is 0.251 e. The zero-order valence-electron chi connectivity index (χ0n) is 17.6. The van der Waals surface area contributed by atoms with Crippen molar-refractivity contribution in [3.8, 4) is 11.1 Å². The van der Waals surface area contributed by atoms with Gasteiger partial charge in [-0.05, 0) is 56.4 Å². The third-order valence-electron chi connectivity index (χ3n) is 5.66. The van der Waals surface area contributed by atoms with E-state index < -0.39 is 0 Å². The molecule has 1 saturated heterocycles. The van der Waals surface area contributed by atoms with Crippen LogP contribution in [-0.4, -0.2) is 29.0 Å². The second-order valence-electron chi connectivity index (χ2n) is 8.01. The van der Waals surface area contributed by atoms with Crippen LogP contribution < -0.4 is 10.2 Å². The average molecular weight is 401 g/mol. The molecule has 0 saturated carbocycles. The van der Waals surface area contributed by atoms with Crippen LogP contribution in [0.25, 0.3) is 11.1 Å². The van der Waals surface area contributed by atoms with E-state index in [4.69, 9.17) is 0 Å². The predicted octanol–water partition coefficient (Wildman–Crippen LogP) is 4.93. The highest BCUT2D eigenvalue weighted by Gasteiger charge is 2.15. The highest BCUT2D eigenvalue weighted by Crippen LogP contribution is 2.22. The summed E-state index contributed by atoms with van der Waals surface area (Å²) in [4.78, 5) is 24.2. The van der Waals surface area contributed by atoms with Crippen LogP contribution in [0.5, 0.6) is 0 Å². The lowest BCUT2D eigenvalue weighted by Crippen LogP contribution is -2.30. The molecule has 1 unspecified atom stereocenters. The summed E-state index contributed by atoms with van der Waals surface area (Å²) in [6, 6.07) is 15.8. The molecule has 5 nitrogen and oxygen atoms in total. The minimum absolute atomic E-state index is 0.0612. The molecule has 1 aliphatic heterocycles. The van der Waals surface area contributed by atoms with Gasteiger partial charge in [-0.2, -0.15) is 0 Å². The first kappa shape index (κ1) is 20.1. The number of benzene rings is 2. The number of hydrogen-bond acceptors (Lipinski definition) is 4. The number of rotatable bonds is 5. The molecule has 30 heavy (non-hydrogen) atoms. The number of anilines is 1. The van der Waals surface area contributed by atoms with Gasteiger partial charge >= 0.3 is 0 Å². The summed E-state index contributed by atoms with van der Waals surface area (Å²) in [5.74, 6) is 0.704. The SMILES string of the molecule is Cc1ccc(C(C)NC(=O)c2cccc(-c3cnc(N4CCCCC4)nc3)c2)cc1. The van der Waals surface area contributed by atoms with E-state index in [1.165, 1.54) is 24.8 Å². The molecule has 1 amide bonds. The van der Waals surface area contributed by atoms with E-state index in [0.717, 1.165) is 35.7 Å². The molecule has 2 heterocycles. The van der Waals surface area contributed by atoms with Crippen LogP contribution in [0.15, 0.2) is 60.9 Å². The number of hydrogen-bond donors (Lipinski definition) is 1. The van der Waals surface area contributed by atoms with Crippen molar-refractivity contribution in [1.29, 1.82) is 0 Å². The number of piperidine rings is 1. The Bertz CT molecular complexity index is 992. The minimum Gasteiger partial charge on any atom is -0.346 e. The molecule has 1 N–H and O–H groups in total. The third-order valence-corrected chi connectivity index (χ3v) is 5.66. The number of carbonyl (C=O) groups excluding carboxylic acids is 1. The van der Waals surface area contributed by atoms with Gasteiger partial charge in [-0.25, -0.2) is 9.97 Å². The van der Waals surface area contributed by atoms with Gasteiger partial charge in [-0.3, -0.25) is 4.79 Å². The number of aromatic nitrogens is 2. The number of carbonyl (C=O) groups is 1. The fourth-order valence-electron chi connectivity index (χ4n) is 3.79. The van der Waals surface area contributed by atoms with E-state index in [2.05, 4.69) is 51.4 Å². The molecule has 0 bridgehead atoms. The zero-order valence-corrected chi connectivity index (χ0v) is 17.6. The number of nitrogens with one attached hydrogen (secondary N) is 1. The standard InChI is InChI=1S/C25H28N4O/c1-18-9-11-20(12-10-18)19(2)28-24(30)22-8-6-7-21(15-22)23-16-26-25(27-17-23)29-13-4-3-5-14-29/h6-12,15-17,19H,3-5,13-14H2,1-2H3,(H,28,30). The summed E-state index contributed by atoms with van der Waals surface area (Å²) >= 11 is 0. The van der Waals surface area contributed by atoms with Gasteiger partial charge in [0.15, 0.2) is 0 Å². The van der Waals surface area contributed by atoms with Gasteiger partial charge in [0.25, 0.3) is 5.91 Å². The lowest BCUT2D eigenvalue weighted by Gasteiger charge is -2.26. The third kappa shape index (κ3) is 4.67. The molecule has 154 valence electrons. The van der Waals surface area contributed by atoms with Crippen LogP contribution in [0.4, 0.5) is 5.95 Å². The predicted molar refractivity (Wildman–Crippen MR) is 121 cm³/mol. The molecule has 1 aliphatic rings. The minimum atomic E-state index is -0.0872. The zero-order chi connectivity index (χ0) is 20.9. The Kier molecular flexibility index (Phi) is 6.07. The first-order valence-corrected chi connectivity index (χ1v) is 10.6. The highest BCUT2D eigenvalue weighted by atomic mass is 16.1. The van der Waals surface area contributed by atoms with Crippen molar-refractivity contribution in [2.75, 3.05) is 18.0 Å².